The number of hydrogen-bond acceptors (Lipinski definition) is 4. The highest BCUT2D eigenvalue weighted by Crippen LogP contribution is 2.55. The minimum absolute atomic E-state index is 0.124. The Morgan fingerprint density at radius 1 is 1.13 bits per heavy atom. The summed E-state index contributed by atoms with van der Waals surface area (Å²) in [5.74, 6) is -2.81. The van der Waals surface area contributed by atoms with E-state index in [4.69, 9.17) is 4.42 Å². The van der Waals surface area contributed by atoms with Crippen LogP contribution in [0.4, 0.5) is 14.5 Å². The van der Waals surface area contributed by atoms with E-state index in [0.717, 1.165) is 5.56 Å². The second-order valence-electron chi connectivity index (χ2n) is 7.77. The van der Waals surface area contributed by atoms with Gasteiger partial charge in [-0.1, -0.05) is 12.1 Å². The van der Waals surface area contributed by atoms with Gasteiger partial charge in [0, 0.05) is 23.7 Å². The molecule has 2 aliphatic heterocycles. The lowest BCUT2D eigenvalue weighted by atomic mass is 9.71. The summed E-state index contributed by atoms with van der Waals surface area (Å²) in [4.78, 5) is 28.8. The summed E-state index contributed by atoms with van der Waals surface area (Å²) in [7, 11) is 1.74. The molecule has 1 aromatic heterocycles. The van der Waals surface area contributed by atoms with Crippen molar-refractivity contribution in [2.45, 2.75) is 11.5 Å². The summed E-state index contributed by atoms with van der Waals surface area (Å²) < 4.78 is 33.1. The van der Waals surface area contributed by atoms with E-state index >= 15 is 0 Å². The maximum absolute atomic E-state index is 14.2. The Kier molecular flexibility index (Phi) is 4.11. The van der Waals surface area contributed by atoms with Crippen molar-refractivity contribution in [3.63, 3.8) is 0 Å². The number of carbonyl (C=O) groups excluding carboxylic acids is 2. The molecule has 1 amide bonds. The molecule has 0 radical (unpaired) electrons. The Morgan fingerprint density at radius 3 is 2.57 bits per heavy atom. The standard InChI is InChI=1S/C23H18F2N2O3/c1-27-12-16(13-4-6-14(24)7-5-13)20(21(28)19-3-2-10-30-19)23(27)17-11-15(25)8-9-18(17)26-22(23)29/h2-11,16,20H,12H2,1H3,(H,26,29)/t16-,20-,23+/m1/s1. The van der Waals surface area contributed by atoms with Crippen LogP contribution in [0.1, 0.15) is 27.6 Å². The third kappa shape index (κ3) is 2.48. The second-order valence-corrected chi connectivity index (χ2v) is 7.77. The van der Waals surface area contributed by atoms with E-state index in [-0.39, 0.29) is 23.3 Å². The number of likely N-dealkylation sites (N-methyl/N-ethyl adjacent to an activating group) is 1. The number of nitrogens with one attached hydrogen (secondary N) is 1. The molecule has 1 N–H and O–H groups in total. The van der Waals surface area contributed by atoms with E-state index in [0.29, 0.717) is 17.8 Å². The molecule has 2 aliphatic rings. The van der Waals surface area contributed by atoms with Crippen molar-refractivity contribution >= 4 is 17.4 Å². The first-order chi connectivity index (χ1) is 14.4. The largest absolute Gasteiger partial charge is 0.461 e. The van der Waals surface area contributed by atoms with Gasteiger partial charge in [0.05, 0.1) is 12.2 Å². The fraction of sp³-hybridized carbons (Fsp3) is 0.217. The van der Waals surface area contributed by atoms with Crippen LogP contribution in [-0.2, 0) is 10.3 Å². The van der Waals surface area contributed by atoms with Gasteiger partial charge in [0.15, 0.2) is 5.76 Å². The summed E-state index contributed by atoms with van der Waals surface area (Å²) in [6, 6.07) is 13.1. The lowest BCUT2D eigenvalue weighted by molar-refractivity contribution is -0.126. The molecule has 3 heterocycles. The molecular weight excluding hydrogens is 390 g/mol. The molecule has 1 fully saturated rings. The molecule has 30 heavy (non-hydrogen) atoms. The molecule has 5 nitrogen and oxygen atoms in total. The van der Waals surface area contributed by atoms with Gasteiger partial charge in [-0.3, -0.25) is 14.5 Å². The molecule has 1 spiro atoms. The van der Waals surface area contributed by atoms with Crippen LogP contribution >= 0.6 is 0 Å². The van der Waals surface area contributed by atoms with Crippen LogP contribution in [0.25, 0.3) is 0 Å². The van der Waals surface area contributed by atoms with E-state index in [1.54, 1.807) is 36.2 Å². The number of carbonyl (C=O) groups is 2. The van der Waals surface area contributed by atoms with Gasteiger partial charge in [-0.25, -0.2) is 8.78 Å². The number of likely N-dealkylation sites (tertiary alicyclic amines) is 1. The van der Waals surface area contributed by atoms with Crippen LogP contribution < -0.4 is 5.32 Å². The molecule has 2 aromatic carbocycles. The number of benzene rings is 2. The van der Waals surface area contributed by atoms with Crippen molar-refractivity contribution in [1.82, 2.24) is 4.90 Å². The summed E-state index contributed by atoms with van der Waals surface area (Å²) in [6.45, 7) is 0.353. The van der Waals surface area contributed by atoms with E-state index in [1.165, 1.54) is 36.6 Å². The van der Waals surface area contributed by atoms with Gasteiger partial charge in [0.1, 0.15) is 17.2 Å². The number of amides is 1. The molecule has 7 heteroatoms. The first-order valence-corrected chi connectivity index (χ1v) is 9.59. The van der Waals surface area contributed by atoms with Gasteiger partial charge < -0.3 is 9.73 Å². The van der Waals surface area contributed by atoms with Gasteiger partial charge in [-0.2, -0.15) is 0 Å². The third-order valence-electron chi connectivity index (χ3n) is 6.26. The van der Waals surface area contributed by atoms with Crippen molar-refractivity contribution < 1.29 is 22.8 Å². The Hall–Kier alpha value is -3.32. The number of hydrogen-bond donors (Lipinski definition) is 1. The zero-order chi connectivity index (χ0) is 21.0. The molecule has 0 unspecified atom stereocenters. The van der Waals surface area contributed by atoms with Gasteiger partial charge in [-0.05, 0) is 55.1 Å². The lowest BCUT2D eigenvalue weighted by Crippen LogP contribution is -2.51. The number of anilines is 1. The predicted octanol–water partition coefficient (Wildman–Crippen LogP) is 3.93. The zero-order valence-corrected chi connectivity index (χ0v) is 16.1. The number of fused-ring (bicyclic) bond motifs is 2. The average Bonchev–Trinajstić information content (AvgIpc) is 3.42. The first-order valence-electron chi connectivity index (χ1n) is 9.59. The van der Waals surface area contributed by atoms with E-state index in [1.807, 2.05) is 0 Å². The Bertz CT molecular complexity index is 1140. The number of ketones is 1. The van der Waals surface area contributed by atoms with Crippen LogP contribution in [0.2, 0.25) is 0 Å². The van der Waals surface area contributed by atoms with Crippen molar-refractivity contribution in [2.24, 2.45) is 5.92 Å². The zero-order valence-electron chi connectivity index (χ0n) is 16.1. The molecular formula is C23H18F2N2O3. The van der Waals surface area contributed by atoms with Gasteiger partial charge in [-0.15, -0.1) is 0 Å². The monoisotopic (exact) mass is 408 g/mol. The number of furan rings is 1. The fourth-order valence-electron chi connectivity index (χ4n) is 4.99. The smallest absolute Gasteiger partial charge is 0.250 e. The number of halogens is 2. The maximum atomic E-state index is 14.2. The Labute approximate surface area is 171 Å². The van der Waals surface area contributed by atoms with Crippen LogP contribution in [0.3, 0.4) is 0 Å². The minimum Gasteiger partial charge on any atom is -0.461 e. The summed E-state index contributed by atoms with van der Waals surface area (Å²) in [5, 5.41) is 2.81. The predicted molar refractivity (Wildman–Crippen MR) is 105 cm³/mol. The van der Waals surface area contributed by atoms with Crippen LogP contribution in [0.5, 0.6) is 0 Å². The highest BCUT2D eigenvalue weighted by Gasteiger charge is 2.64. The van der Waals surface area contributed by atoms with Gasteiger partial charge in [0.2, 0.25) is 11.7 Å². The normalized spacial score (nSPS) is 25.5. The lowest BCUT2D eigenvalue weighted by Gasteiger charge is -2.35. The van der Waals surface area contributed by atoms with Crippen molar-refractivity contribution in [3.05, 3.63) is 89.4 Å². The maximum Gasteiger partial charge on any atom is 0.250 e. The number of rotatable bonds is 3. The van der Waals surface area contributed by atoms with Crippen LogP contribution in [0, 0.1) is 17.6 Å². The SMILES string of the molecule is CN1C[C@H](c2ccc(F)cc2)[C@H](C(=O)c2ccco2)[C@@]12C(=O)Nc1ccc(F)cc12. The van der Waals surface area contributed by atoms with Crippen LogP contribution in [-0.4, -0.2) is 30.2 Å². The van der Waals surface area contributed by atoms with Crippen molar-refractivity contribution in [1.29, 1.82) is 0 Å². The van der Waals surface area contributed by atoms with Crippen molar-refractivity contribution in [2.75, 3.05) is 18.9 Å². The Morgan fingerprint density at radius 2 is 1.87 bits per heavy atom. The highest BCUT2D eigenvalue weighted by atomic mass is 19.1. The van der Waals surface area contributed by atoms with E-state index < -0.39 is 23.2 Å². The molecule has 1 saturated heterocycles. The van der Waals surface area contributed by atoms with Crippen molar-refractivity contribution in [3.8, 4) is 0 Å². The minimum atomic E-state index is -1.40. The molecule has 0 saturated carbocycles. The number of Topliss-reactive ketones (excluding diaryl/α,β-unsaturated/α-hetero) is 1. The van der Waals surface area contributed by atoms with Gasteiger partial charge in [0.25, 0.3) is 0 Å². The van der Waals surface area contributed by atoms with Crippen LogP contribution in [0.15, 0.2) is 65.3 Å². The topological polar surface area (TPSA) is 62.6 Å². The summed E-state index contributed by atoms with van der Waals surface area (Å²) in [5.41, 5.74) is 0.220. The number of nitrogens with zero attached hydrogens (tertiary/aromatic N) is 1. The molecule has 3 atom stereocenters. The molecule has 3 aromatic rings. The Balaban J connectivity index is 1.74. The quantitative estimate of drug-likeness (QED) is 0.667. The first kappa shape index (κ1) is 18.7. The molecule has 0 bridgehead atoms. The summed E-state index contributed by atoms with van der Waals surface area (Å²) >= 11 is 0. The molecule has 0 aliphatic carbocycles. The van der Waals surface area contributed by atoms with E-state index in [2.05, 4.69) is 5.32 Å². The van der Waals surface area contributed by atoms with Gasteiger partial charge >= 0.3 is 0 Å². The average molecular weight is 408 g/mol. The molecule has 152 valence electrons. The second kappa shape index (κ2) is 6.60. The highest BCUT2D eigenvalue weighted by molar-refractivity contribution is 6.11. The third-order valence-corrected chi connectivity index (χ3v) is 6.26. The van der Waals surface area contributed by atoms with E-state index in [9.17, 15) is 18.4 Å². The molecule has 5 rings (SSSR count). The summed E-state index contributed by atoms with van der Waals surface area (Å²) in [6.07, 6.45) is 1.40. The fourth-order valence-corrected chi connectivity index (χ4v) is 4.99.